The molecule has 142 valence electrons. The molecule has 1 aliphatic rings. The molecule has 1 aliphatic heterocycles. The normalized spacial score (nSPS) is 16.8. The fourth-order valence-corrected chi connectivity index (χ4v) is 3.88. The van der Waals surface area contributed by atoms with E-state index in [4.69, 9.17) is 9.15 Å². The van der Waals surface area contributed by atoms with Gasteiger partial charge in [0.05, 0.1) is 30.2 Å². The predicted octanol–water partition coefficient (Wildman–Crippen LogP) is 2.73. The van der Waals surface area contributed by atoms with Gasteiger partial charge in [0.25, 0.3) is 0 Å². The van der Waals surface area contributed by atoms with E-state index in [0.717, 1.165) is 31.2 Å². The third-order valence-corrected chi connectivity index (χ3v) is 5.60. The van der Waals surface area contributed by atoms with Crippen molar-refractivity contribution in [1.82, 2.24) is 15.2 Å². The van der Waals surface area contributed by atoms with Gasteiger partial charge in [-0.25, -0.2) is 4.98 Å². The maximum Gasteiger partial charge on any atom is 0.236 e. The second kappa shape index (κ2) is 8.79. The number of aryl methyl sites for hydroxylation is 1. The maximum absolute atomic E-state index is 12.4. The van der Waals surface area contributed by atoms with E-state index >= 15 is 0 Å². The summed E-state index contributed by atoms with van der Waals surface area (Å²) in [7, 11) is 0. The summed E-state index contributed by atoms with van der Waals surface area (Å²) in [6.07, 6.45) is 0.245. The molecule has 7 heteroatoms. The number of nitrogens with one attached hydrogen (secondary N) is 1. The van der Waals surface area contributed by atoms with Gasteiger partial charge in [-0.15, -0.1) is 11.3 Å². The lowest BCUT2D eigenvalue weighted by Gasteiger charge is -2.36. The van der Waals surface area contributed by atoms with E-state index in [-0.39, 0.29) is 12.3 Å². The Kier molecular flexibility index (Phi) is 6.45. The highest BCUT2D eigenvalue weighted by atomic mass is 32.1. The number of hydrogen-bond donors (Lipinski definition) is 1. The summed E-state index contributed by atoms with van der Waals surface area (Å²) in [5, 5.41) is 5.07. The molecule has 2 aromatic heterocycles. The maximum atomic E-state index is 12.4. The second-order valence-corrected chi connectivity index (χ2v) is 7.89. The van der Waals surface area contributed by atoms with Crippen LogP contribution >= 0.6 is 11.3 Å². The molecule has 26 heavy (non-hydrogen) atoms. The smallest absolute Gasteiger partial charge is 0.236 e. The molecule has 1 unspecified atom stereocenters. The van der Waals surface area contributed by atoms with Crippen LogP contribution in [0.2, 0.25) is 0 Å². The van der Waals surface area contributed by atoms with Crippen molar-refractivity contribution in [3.8, 4) is 10.8 Å². The molecule has 1 fully saturated rings. The van der Waals surface area contributed by atoms with Crippen molar-refractivity contribution in [2.75, 3.05) is 32.8 Å². The summed E-state index contributed by atoms with van der Waals surface area (Å²) in [5.41, 5.74) is 0.707. The first kappa shape index (κ1) is 19.1. The zero-order chi connectivity index (χ0) is 18.5. The second-order valence-electron chi connectivity index (χ2n) is 6.94. The Bertz CT molecular complexity index is 706. The number of hydrogen-bond acceptors (Lipinski definition) is 6. The summed E-state index contributed by atoms with van der Waals surface area (Å²) in [6, 6.07) is 4.25. The minimum absolute atomic E-state index is 0.0157. The van der Waals surface area contributed by atoms with Crippen LogP contribution in [0.1, 0.15) is 25.3 Å². The van der Waals surface area contributed by atoms with E-state index in [1.54, 1.807) is 11.3 Å². The third kappa shape index (κ3) is 4.72. The van der Waals surface area contributed by atoms with Crippen molar-refractivity contribution in [3.05, 3.63) is 29.0 Å². The number of thiophene rings is 1. The minimum Gasteiger partial charge on any atom is -0.440 e. The SMILES string of the molecule is Cc1oc(-c2cccs2)nc1CC(=O)NCC(C(C)C)N1CCOCC1. The van der Waals surface area contributed by atoms with Crippen LogP contribution in [-0.2, 0) is 16.0 Å². The number of nitrogens with zero attached hydrogens (tertiary/aromatic N) is 2. The largest absolute Gasteiger partial charge is 0.440 e. The summed E-state index contributed by atoms with van der Waals surface area (Å²) in [6.45, 7) is 10.3. The molecule has 1 atom stereocenters. The quantitative estimate of drug-likeness (QED) is 0.804. The van der Waals surface area contributed by atoms with E-state index < -0.39 is 0 Å². The van der Waals surface area contributed by atoms with Gasteiger partial charge in [-0.3, -0.25) is 9.69 Å². The van der Waals surface area contributed by atoms with Crippen molar-refractivity contribution in [3.63, 3.8) is 0 Å². The molecular formula is C19H27N3O3S. The standard InChI is InChI=1S/C19H27N3O3S/c1-13(2)16(22-6-8-24-9-7-22)12-20-18(23)11-15-14(3)25-19(21-15)17-5-4-10-26-17/h4-5,10,13,16H,6-9,11-12H2,1-3H3,(H,20,23). The first-order chi connectivity index (χ1) is 12.5. The zero-order valence-corrected chi connectivity index (χ0v) is 16.5. The lowest BCUT2D eigenvalue weighted by atomic mass is 10.0. The molecule has 0 saturated carbocycles. The Labute approximate surface area is 158 Å². The molecule has 1 N–H and O–H groups in total. The van der Waals surface area contributed by atoms with Gasteiger partial charge in [0.2, 0.25) is 11.8 Å². The van der Waals surface area contributed by atoms with Crippen LogP contribution < -0.4 is 5.32 Å². The van der Waals surface area contributed by atoms with E-state index in [1.165, 1.54) is 0 Å². The van der Waals surface area contributed by atoms with Crippen LogP contribution in [0.3, 0.4) is 0 Å². The number of aromatic nitrogens is 1. The predicted molar refractivity (Wildman–Crippen MR) is 102 cm³/mol. The number of morpholine rings is 1. The van der Waals surface area contributed by atoms with Crippen LogP contribution in [0, 0.1) is 12.8 Å². The Morgan fingerprint density at radius 1 is 1.38 bits per heavy atom. The molecule has 3 heterocycles. The van der Waals surface area contributed by atoms with Crippen LogP contribution in [0.15, 0.2) is 21.9 Å². The van der Waals surface area contributed by atoms with Gasteiger partial charge in [0.15, 0.2) is 0 Å². The molecule has 2 aromatic rings. The molecule has 0 radical (unpaired) electrons. The van der Waals surface area contributed by atoms with Gasteiger partial charge in [-0.05, 0) is 24.3 Å². The Balaban J connectivity index is 1.56. The Morgan fingerprint density at radius 3 is 2.81 bits per heavy atom. The van der Waals surface area contributed by atoms with Gasteiger partial charge >= 0.3 is 0 Å². The molecular weight excluding hydrogens is 350 g/mol. The van der Waals surface area contributed by atoms with Crippen molar-refractivity contribution < 1.29 is 13.9 Å². The molecule has 1 amide bonds. The van der Waals surface area contributed by atoms with Gasteiger partial charge < -0.3 is 14.5 Å². The molecule has 3 rings (SSSR count). The van der Waals surface area contributed by atoms with Crippen LogP contribution in [-0.4, -0.2) is 54.7 Å². The molecule has 0 bridgehead atoms. The molecule has 0 aromatic carbocycles. The Morgan fingerprint density at radius 2 is 2.15 bits per heavy atom. The average molecular weight is 378 g/mol. The van der Waals surface area contributed by atoms with Crippen molar-refractivity contribution >= 4 is 17.2 Å². The van der Waals surface area contributed by atoms with E-state index in [9.17, 15) is 4.79 Å². The topological polar surface area (TPSA) is 67.6 Å². The monoisotopic (exact) mass is 377 g/mol. The number of carbonyl (C=O) groups is 1. The fraction of sp³-hybridized carbons (Fsp3) is 0.579. The highest BCUT2D eigenvalue weighted by Gasteiger charge is 2.24. The number of rotatable bonds is 7. The summed E-state index contributed by atoms with van der Waals surface area (Å²) < 4.78 is 11.1. The number of oxazole rings is 1. The van der Waals surface area contributed by atoms with Crippen LogP contribution in [0.4, 0.5) is 0 Å². The molecule has 1 saturated heterocycles. The molecule has 6 nitrogen and oxygen atoms in total. The lowest BCUT2D eigenvalue weighted by Crippen LogP contribution is -2.51. The lowest BCUT2D eigenvalue weighted by molar-refractivity contribution is -0.121. The van der Waals surface area contributed by atoms with E-state index in [2.05, 4.69) is 29.0 Å². The van der Waals surface area contributed by atoms with Gasteiger partial charge in [0.1, 0.15) is 5.76 Å². The van der Waals surface area contributed by atoms with Crippen molar-refractivity contribution in [2.45, 2.75) is 33.2 Å². The number of carbonyl (C=O) groups excluding carboxylic acids is 1. The van der Waals surface area contributed by atoms with E-state index in [1.807, 2.05) is 24.4 Å². The zero-order valence-electron chi connectivity index (χ0n) is 15.7. The van der Waals surface area contributed by atoms with Crippen LogP contribution in [0.5, 0.6) is 0 Å². The molecule has 0 aliphatic carbocycles. The summed E-state index contributed by atoms with van der Waals surface area (Å²) in [4.78, 5) is 20.3. The highest BCUT2D eigenvalue weighted by Crippen LogP contribution is 2.26. The Hall–Kier alpha value is -1.70. The third-order valence-electron chi connectivity index (χ3n) is 4.75. The van der Waals surface area contributed by atoms with Gasteiger partial charge in [-0.1, -0.05) is 19.9 Å². The van der Waals surface area contributed by atoms with Gasteiger partial charge in [-0.2, -0.15) is 0 Å². The summed E-state index contributed by atoms with van der Waals surface area (Å²) >= 11 is 1.58. The number of ether oxygens (including phenoxy) is 1. The molecule has 0 spiro atoms. The first-order valence-electron chi connectivity index (χ1n) is 9.13. The summed E-state index contributed by atoms with van der Waals surface area (Å²) in [5.74, 6) is 1.75. The van der Waals surface area contributed by atoms with Crippen molar-refractivity contribution in [1.29, 1.82) is 0 Å². The highest BCUT2D eigenvalue weighted by molar-refractivity contribution is 7.13. The van der Waals surface area contributed by atoms with Gasteiger partial charge in [0, 0.05) is 25.7 Å². The number of amides is 1. The average Bonchev–Trinajstić information content (AvgIpc) is 3.26. The minimum atomic E-state index is -0.0157. The van der Waals surface area contributed by atoms with Crippen molar-refractivity contribution in [2.24, 2.45) is 5.92 Å². The fourth-order valence-electron chi connectivity index (χ4n) is 3.23. The first-order valence-corrected chi connectivity index (χ1v) is 10.0. The van der Waals surface area contributed by atoms with Crippen LogP contribution in [0.25, 0.3) is 10.8 Å². The van der Waals surface area contributed by atoms with E-state index in [0.29, 0.717) is 35.8 Å².